The van der Waals surface area contributed by atoms with Crippen molar-refractivity contribution >= 4 is 11.5 Å². The van der Waals surface area contributed by atoms with E-state index in [0.717, 1.165) is 12.1 Å². The summed E-state index contributed by atoms with van der Waals surface area (Å²) >= 11 is 0. The van der Waals surface area contributed by atoms with Gasteiger partial charge in [0, 0.05) is 17.4 Å². The maximum Gasteiger partial charge on any atom is 0.275 e. The number of hydrogen-bond acceptors (Lipinski definition) is 3. The van der Waals surface area contributed by atoms with Crippen LogP contribution in [0.2, 0.25) is 0 Å². The quantitative estimate of drug-likeness (QED) is 0.601. The molecule has 0 atom stereocenters. The third kappa shape index (κ3) is 3.34. The number of carbonyl (C=O) groups is 1. The number of ketones is 1. The van der Waals surface area contributed by atoms with E-state index in [0.29, 0.717) is 0 Å². The molecule has 0 aliphatic rings. The van der Waals surface area contributed by atoms with Crippen LogP contribution in [0.4, 0.5) is 10.1 Å². The van der Waals surface area contributed by atoms with E-state index in [-0.39, 0.29) is 23.5 Å². The van der Waals surface area contributed by atoms with Crippen LogP contribution in [0.1, 0.15) is 26.3 Å². The molecule has 0 unspecified atom stereocenters. The topological polar surface area (TPSA) is 60.2 Å². The Kier molecular flexibility index (Phi) is 3.60. The highest BCUT2D eigenvalue weighted by molar-refractivity contribution is 5.86. The Morgan fingerprint density at radius 1 is 1.41 bits per heavy atom. The van der Waals surface area contributed by atoms with Gasteiger partial charge in [-0.3, -0.25) is 14.9 Å². The number of rotatable bonds is 3. The van der Waals surface area contributed by atoms with Crippen molar-refractivity contribution in [1.29, 1.82) is 0 Å². The number of hydrogen-bond donors (Lipinski definition) is 0. The predicted molar refractivity (Wildman–Crippen MR) is 61.2 cm³/mol. The van der Waals surface area contributed by atoms with E-state index in [4.69, 9.17) is 0 Å². The maximum absolute atomic E-state index is 12.9. The fourth-order valence-electron chi connectivity index (χ4n) is 1.29. The molecule has 1 aromatic carbocycles. The summed E-state index contributed by atoms with van der Waals surface area (Å²) in [5.41, 5.74) is -0.665. The number of Topliss-reactive ketones (excluding diaryl/α,β-unsaturated/α-hetero) is 1. The number of halogens is 1. The number of nitro benzene ring substituents is 1. The van der Waals surface area contributed by atoms with Crippen molar-refractivity contribution in [3.8, 4) is 0 Å². The molecule has 0 amide bonds. The number of benzene rings is 1. The molecule has 0 spiro atoms. The Morgan fingerprint density at radius 3 is 2.47 bits per heavy atom. The molecule has 0 aromatic heterocycles. The van der Waals surface area contributed by atoms with Gasteiger partial charge in [-0.05, 0) is 12.1 Å². The molecule has 0 heterocycles. The molecule has 4 nitrogen and oxygen atoms in total. The van der Waals surface area contributed by atoms with E-state index < -0.39 is 16.2 Å². The van der Waals surface area contributed by atoms with Gasteiger partial charge in [-0.2, -0.15) is 0 Å². The van der Waals surface area contributed by atoms with Gasteiger partial charge in [-0.15, -0.1) is 0 Å². The van der Waals surface area contributed by atoms with Crippen LogP contribution in [0.15, 0.2) is 18.2 Å². The van der Waals surface area contributed by atoms with E-state index >= 15 is 0 Å². The Balaban J connectivity index is 3.07. The Morgan fingerprint density at radius 2 is 2.00 bits per heavy atom. The molecule has 0 aliphatic carbocycles. The van der Waals surface area contributed by atoms with Crippen molar-refractivity contribution < 1.29 is 14.1 Å². The lowest BCUT2D eigenvalue weighted by Crippen LogP contribution is -2.22. The van der Waals surface area contributed by atoms with Gasteiger partial charge in [0.25, 0.3) is 5.69 Å². The van der Waals surface area contributed by atoms with E-state index in [1.54, 1.807) is 20.8 Å². The fourth-order valence-corrected chi connectivity index (χ4v) is 1.29. The summed E-state index contributed by atoms with van der Waals surface area (Å²) in [6, 6.07) is 3.25. The minimum atomic E-state index is -0.677. The number of nitro groups is 1. The van der Waals surface area contributed by atoms with Crippen LogP contribution in [0.5, 0.6) is 0 Å². The highest BCUT2D eigenvalue weighted by Crippen LogP contribution is 2.24. The molecular formula is C12H14FNO3. The summed E-state index contributed by atoms with van der Waals surface area (Å²) in [7, 11) is 0. The van der Waals surface area contributed by atoms with E-state index in [9.17, 15) is 19.3 Å². The highest BCUT2D eigenvalue weighted by Gasteiger charge is 2.25. The standard InChI is InChI=1S/C12H14FNO3/c1-12(2,3)11(15)6-8-4-5-9(13)7-10(8)14(16)17/h4-5,7H,6H2,1-3H3. The molecule has 0 saturated carbocycles. The molecular weight excluding hydrogens is 225 g/mol. The zero-order chi connectivity index (χ0) is 13.2. The van der Waals surface area contributed by atoms with Gasteiger partial charge in [-0.1, -0.05) is 20.8 Å². The maximum atomic E-state index is 12.9. The average molecular weight is 239 g/mol. The molecule has 0 aliphatic heterocycles. The number of carbonyl (C=O) groups excluding carboxylic acids is 1. The molecule has 1 rings (SSSR count). The lowest BCUT2D eigenvalue weighted by atomic mass is 9.87. The molecule has 0 bridgehead atoms. The van der Waals surface area contributed by atoms with E-state index in [1.807, 2.05) is 0 Å². The molecule has 1 aromatic rings. The zero-order valence-electron chi connectivity index (χ0n) is 9.99. The molecule has 0 radical (unpaired) electrons. The number of nitrogens with zero attached hydrogens (tertiary/aromatic N) is 1. The van der Waals surface area contributed by atoms with Crippen LogP contribution in [-0.2, 0) is 11.2 Å². The lowest BCUT2D eigenvalue weighted by molar-refractivity contribution is -0.385. The minimum absolute atomic E-state index is 0.0555. The Hall–Kier alpha value is -1.78. The first-order chi connectivity index (χ1) is 7.71. The Labute approximate surface area is 98.6 Å². The van der Waals surface area contributed by atoms with Crippen molar-refractivity contribution in [2.24, 2.45) is 5.41 Å². The minimum Gasteiger partial charge on any atom is -0.299 e. The van der Waals surface area contributed by atoms with Crippen molar-refractivity contribution in [3.63, 3.8) is 0 Å². The Bertz CT molecular complexity index is 463. The van der Waals surface area contributed by atoms with Crippen molar-refractivity contribution in [2.75, 3.05) is 0 Å². The van der Waals surface area contributed by atoms with Gasteiger partial charge >= 0.3 is 0 Å². The molecule has 0 N–H and O–H groups in total. The molecule has 0 saturated heterocycles. The van der Waals surface area contributed by atoms with Gasteiger partial charge in [0.15, 0.2) is 0 Å². The molecule has 0 fully saturated rings. The highest BCUT2D eigenvalue weighted by atomic mass is 19.1. The summed E-state index contributed by atoms with van der Waals surface area (Å²) in [4.78, 5) is 21.8. The third-order valence-corrected chi connectivity index (χ3v) is 2.43. The van der Waals surface area contributed by atoms with E-state index in [1.165, 1.54) is 6.07 Å². The second-order valence-corrected chi connectivity index (χ2v) is 4.88. The predicted octanol–water partition coefficient (Wildman–Crippen LogP) is 2.89. The average Bonchev–Trinajstić information content (AvgIpc) is 2.18. The first-order valence-electron chi connectivity index (χ1n) is 5.18. The monoisotopic (exact) mass is 239 g/mol. The van der Waals surface area contributed by atoms with Crippen LogP contribution >= 0.6 is 0 Å². The van der Waals surface area contributed by atoms with Gasteiger partial charge < -0.3 is 0 Å². The van der Waals surface area contributed by atoms with Crippen molar-refractivity contribution in [3.05, 3.63) is 39.7 Å². The molecule has 92 valence electrons. The van der Waals surface area contributed by atoms with E-state index in [2.05, 4.69) is 0 Å². The van der Waals surface area contributed by atoms with Crippen molar-refractivity contribution in [2.45, 2.75) is 27.2 Å². The molecule has 5 heteroatoms. The summed E-state index contributed by atoms with van der Waals surface area (Å²) in [6.07, 6.45) is -0.0555. The van der Waals surface area contributed by atoms with Crippen molar-refractivity contribution in [1.82, 2.24) is 0 Å². The van der Waals surface area contributed by atoms with Gasteiger partial charge in [0.1, 0.15) is 11.6 Å². The summed E-state index contributed by atoms with van der Waals surface area (Å²) < 4.78 is 12.9. The second kappa shape index (κ2) is 4.61. The largest absolute Gasteiger partial charge is 0.299 e. The van der Waals surface area contributed by atoms with Gasteiger partial charge in [-0.25, -0.2) is 4.39 Å². The van der Waals surface area contributed by atoms with Gasteiger partial charge in [0.05, 0.1) is 11.0 Å². The van der Waals surface area contributed by atoms with Crippen LogP contribution in [0.3, 0.4) is 0 Å². The first kappa shape index (κ1) is 13.3. The second-order valence-electron chi connectivity index (χ2n) is 4.88. The van der Waals surface area contributed by atoms with Crippen LogP contribution in [-0.4, -0.2) is 10.7 Å². The van der Waals surface area contributed by atoms with Crippen LogP contribution in [0, 0.1) is 21.3 Å². The summed E-state index contributed by atoms with van der Waals surface area (Å²) in [6.45, 7) is 5.22. The van der Waals surface area contributed by atoms with Crippen LogP contribution in [0.25, 0.3) is 0 Å². The normalized spacial score (nSPS) is 11.3. The first-order valence-corrected chi connectivity index (χ1v) is 5.18. The van der Waals surface area contributed by atoms with Gasteiger partial charge in [0.2, 0.25) is 0 Å². The summed E-state index contributed by atoms with van der Waals surface area (Å²) in [5.74, 6) is -0.795. The van der Waals surface area contributed by atoms with Crippen LogP contribution < -0.4 is 0 Å². The summed E-state index contributed by atoms with van der Waals surface area (Å²) in [5, 5.41) is 10.7. The third-order valence-electron chi connectivity index (χ3n) is 2.43. The molecule has 17 heavy (non-hydrogen) atoms. The fraction of sp³-hybridized carbons (Fsp3) is 0.417. The SMILES string of the molecule is CC(C)(C)C(=O)Cc1ccc(F)cc1[N+](=O)[O-]. The zero-order valence-corrected chi connectivity index (χ0v) is 9.99. The smallest absolute Gasteiger partial charge is 0.275 e. The lowest BCUT2D eigenvalue weighted by Gasteiger charge is -2.16.